The van der Waals surface area contributed by atoms with Crippen molar-refractivity contribution in [3.8, 4) is 16.9 Å². The van der Waals surface area contributed by atoms with E-state index in [1.165, 1.54) is 23.5 Å². The van der Waals surface area contributed by atoms with Gasteiger partial charge in [0, 0.05) is 35.9 Å². The minimum absolute atomic E-state index is 0.270. The second-order valence-electron chi connectivity index (χ2n) is 7.27. The van der Waals surface area contributed by atoms with E-state index in [-0.39, 0.29) is 11.9 Å². The van der Waals surface area contributed by atoms with Gasteiger partial charge in [0.25, 0.3) is 0 Å². The van der Waals surface area contributed by atoms with Crippen LogP contribution in [0.2, 0.25) is 0 Å². The molecule has 0 aliphatic carbocycles. The molecule has 0 amide bonds. The molecule has 3 aromatic heterocycles. The molecule has 3 heterocycles. The highest BCUT2D eigenvalue weighted by Gasteiger charge is 2.24. The Balaban J connectivity index is 1.66. The molecule has 32 heavy (non-hydrogen) atoms. The third-order valence-electron chi connectivity index (χ3n) is 5.37. The van der Waals surface area contributed by atoms with Crippen LogP contribution in [0.1, 0.15) is 17.4 Å². The summed E-state index contributed by atoms with van der Waals surface area (Å²) in [5.74, 6) is 1.98. The van der Waals surface area contributed by atoms with Crippen molar-refractivity contribution in [3.05, 3.63) is 89.8 Å². The molecule has 0 aliphatic heterocycles. The van der Waals surface area contributed by atoms with E-state index in [4.69, 9.17) is 4.74 Å². The summed E-state index contributed by atoms with van der Waals surface area (Å²) in [6.07, 6.45) is 5.22. The Morgan fingerprint density at radius 3 is 2.62 bits per heavy atom. The number of benzene rings is 2. The van der Waals surface area contributed by atoms with Gasteiger partial charge in [0.15, 0.2) is 0 Å². The van der Waals surface area contributed by atoms with Crippen LogP contribution in [-0.4, -0.2) is 26.6 Å². The predicted octanol–water partition coefficient (Wildman–Crippen LogP) is 5.44. The van der Waals surface area contributed by atoms with Crippen LogP contribution in [0.25, 0.3) is 21.3 Å². The van der Waals surface area contributed by atoms with Crippen LogP contribution in [0.5, 0.6) is 5.75 Å². The fraction of sp³-hybridized carbons (Fsp3) is 0.125. The lowest BCUT2D eigenvalue weighted by atomic mass is 10.0. The van der Waals surface area contributed by atoms with Gasteiger partial charge in [-0.1, -0.05) is 30.3 Å². The van der Waals surface area contributed by atoms with Crippen LogP contribution in [0.3, 0.4) is 0 Å². The zero-order chi connectivity index (χ0) is 22.1. The topological polar surface area (TPSA) is 64.9 Å². The molecule has 1 unspecified atom stereocenters. The predicted molar refractivity (Wildman–Crippen MR) is 124 cm³/mol. The van der Waals surface area contributed by atoms with E-state index in [0.29, 0.717) is 5.82 Å². The van der Waals surface area contributed by atoms with Gasteiger partial charge in [-0.05, 0) is 23.8 Å². The molecule has 0 radical (unpaired) electrons. The van der Waals surface area contributed by atoms with Gasteiger partial charge in [0.2, 0.25) is 0 Å². The SMILES string of the molecule is COc1ccccc1C(Nc1ncnc2scc(-c3ccc(F)cc3)c12)c1nccn1C. The number of methoxy groups -OCH3 is 1. The maximum atomic E-state index is 13.5. The molecule has 8 heteroatoms. The van der Waals surface area contributed by atoms with Crippen LogP contribution in [0.15, 0.2) is 72.6 Å². The molecular formula is C24H20FN5OS. The molecule has 5 aromatic rings. The second kappa shape index (κ2) is 8.39. The average molecular weight is 446 g/mol. The summed E-state index contributed by atoms with van der Waals surface area (Å²) in [5.41, 5.74) is 2.79. The molecular weight excluding hydrogens is 425 g/mol. The molecule has 0 fully saturated rings. The average Bonchev–Trinajstić information content (AvgIpc) is 3.45. The lowest BCUT2D eigenvalue weighted by Crippen LogP contribution is -2.18. The molecule has 0 saturated heterocycles. The van der Waals surface area contributed by atoms with Crippen LogP contribution < -0.4 is 10.1 Å². The van der Waals surface area contributed by atoms with Gasteiger partial charge in [0.1, 0.15) is 40.4 Å². The fourth-order valence-corrected chi connectivity index (χ4v) is 4.72. The van der Waals surface area contributed by atoms with Crippen molar-refractivity contribution in [2.45, 2.75) is 6.04 Å². The third kappa shape index (κ3) is 3.58. The maximum absolute atomic E-state index is 13.5. The van der Waals surface area contributed by atoms with E-state index in [2.05, 4.69) is 20.3 Å². The fourth-order valence-electron chi connectivity index (χ4n) is 3.80. The van der Waals surface area contributed by atoms with Crippen LogP contribution in [0.4, 0.5) is 10.2 Å². The highest BCUT2D eigenvalue weighted by Crippen LogP contribution is 2.39. The first kappa shape index (κ1) is 20.1. The Morgan fingerprint density at radius 2 is 1.88 bits per heavy atom. The monoisotopic (exact) mass is 445 g/mol. The van der Waals surface area contributed by atoms with E-state index in [1.54, 1.807) is 31.8 Å². The van der Waals surface area contributed by atoms with Crippen molar-refractivity contribution in [2.75, 3.05) is 12.4 Å². The number of thiophene rings is 1. The summed E-state index contributed by atoms with van der Waals surface area (Å²) in [4.78, 5) is 14.5. The number of rotatable bonds is 6. The first-order valence-electron chi connectivity index (χ1n) is 10.0. The van der Waals surface area contributed by atoms with Gasteiger partial charge < -0.3 is 14.6 Å². The van der Waals surface area contributed by atoms with Gasteiger partial charge in [-0.2, -0.15) is 0 Å². The number of ether oxygens (including phenoxy) is 1. The number of nitrogens with zero attached hydrogens (tertiary/aromatic N) is 4. The lowest BCUT2D eigenvalue weighted by molar-refractivity contribution is 0.408. The summed E-state index contributed by atoms with van der Waals surface area (Å²) in [5, 5.41) is 6.49. The number of anilines is 1. The summed E-state index contributed by atoms with van der Waals surface area (Å²) in [6, 6.07) is 14.0. The molecule has 0 bridgehead atoms. The first-order valence-corrected chi connectivity index (χ1v) is 10.9. The van der Waals surface area contributed by atoms with Crippen LogP contribution in [-0.2, 0) is 7.05 Å². The number of aryl methyl sites for hydroxylation is 1. The molecule has 0 saturated carbocycles. The normalized spacial score (nSPS) is 12.1. The van der Waals surface area contributed by atoms with E-state index in [0.717, 1.165) is 38.5 Å². The maximum Gasteiger partial charge on any atom is 0.139 e. The van der Waals surface area contributed by atoms with Crippen molar-refractivity contribution < 1.29 is 9.13 Å². The molecule has 0 spiro atoms. The number of halogens is 1. The Morgan fingerprint density at radius 1 is 1.06 bits per heavy atom. The van der Waals surface area contributed by atoms with Gasteiger partial charge in [-0.25, -0.2) is 19.3 Å². The standard InChI is InChI=1S/C24H20FN5OS/c1-30-12-11-26-23(30)21(17-5-3-4-6-19(17)31-2)29-22-20-18(13-32-24(20)28-14-27-22)15-7-9-16(25)10-8-15/h3-14,21H,1-2H3,(H,27,28,29). The van der Waals surface area contributed by atoms with Crippen molar-refractivity contribution in [1.82, 2.24) is 19.5 Å². The third-order valence-corrected chi connectivity index (χ3v) is 6.26. The van der Waals surface area contributed by atoms with E-state index in [9.17, 15) is 4.39 Å². The molecule has 1 atom stereocenters. The molecule has 6 nitrogen and oxygen atoms in total. The van der Waals surface area contributed by atoms with E-state index >= 15 is 0 Å². The Hall–Kier alpha value is -3.78. The molecule has 0 aliphatic rings. The van der Waals surface area contributed by atoms with Gasteiger partial charge in [-0.3, -0.25) is 0 Å². The number of aromatic nitrogens is 4. The minimum Gasteiger partial charge on any atom is -0.496 e. The summed E-state index contributed by atoms with van der Waals surface area (Å²) < 4.78 is 21.1. The second-order valence-corrected chi connectivity index (χ2v) is 8.13. The number of imidazole rings is 1. The molecule has 2 aromatic carbocycles. The van der Waals surface area contributed by atoms with Crippen molar-refractivity contribution in [2.24, 2.45) is 7.05 Å². The quantitative estimate of drug-likeness (QED) is 0.377. The van der Waals surface area contributed by atoms with Gasteiger partial charge in [0.05, 0.1) is 12.5 Å². The Kier molecular flexibility index (Phi) is 5.28. The highest BCUT2D eigenvalue weighted by molar-refractivity contribution is 7.17. The van der Waals surface area contributed by atoms with Gasteiger partial charge >= 0.3 is 0 Å². The largest absolute Gasteiger partial charge is 0.496 e. The summed E-state index contributed by atoms with van der Waals surface area (Å²) >= 11 is 1.53. The van der Waals surface area contributed by atoms with E-state index < -0.39 is 0 Å². The molecule has 5 rings (SSSR count). The van der Waals surface area contributed by atoms with Crippen molar-refractivity contribution >= 4 is 27.4 Å². The number of para-hydroxylation sites is 1. The molecule has 160 valence electrons. The zero-order valence-electron chi connectivity index (χ0n) is 17.5. The Bertz CT molecular complexity index is 1380. The van der Waals surface area contributed by atoms with Crippen molar-refractivity contribution in [1.29, 1.82) is 0 Å². The van der Waals surface area contributed by atoms with Crippen LogP contribution in [0, 0.1) is 5.82 Å². The van der Waals surface area contributed by atoms with Gasteiger partial charge in [-0.15, -0.1) is 11.3 Å². The van der Waals surface area contributed by atoms with Crippen molar-refractivity contribution in [3.63, 3.8) is 0 Å². The zero-order valence-corrected chi connectivity index (χ0v) is 18.3. The summed E-state index contributed by atoms with van der Waals surface area (Å²) in [6.45, 7) is 0. The number of fused-ring (bicyclic) bond motifs is 1. The van der Waals surface area contributed by atoms with Crippen LogP contribution >= 0.6 is 11.3 Å². The number of hydrogen-bond donors (Lipinski definition) is 1. The Labute approximate surface area is 188 Å². The minimum atomic E-state index is -0.315. The number of nitrogens with one attached hydrogen (secondary N) is 1. The summed E-state index contributed by atoms with van der Waals surface area (Å²) in [7, 11) is 3.61. The highest BCUT2D eigenvalue weighted by atomic mass is 32.1. The molecule has 1 N–H and O–H groups in total. The first-order chi connectivity index (χ1) is 15.7. The smallest absolute Gasteiger partial charge is 0.139 e. The van der Waals surface area contributed by atoms with E-state index in [1.807, 2.05) is 47.5 Å². The number of hydrogen-bond acceptors (Lipinski definition) is 6. The lowest BCUT2D eigenvalue weighted by Gasteiger charge is -2.22.